The Bertz CT molecular complexity index is 407. The van der Waals surface area contributed by atoms with Crippen molar-refractivity contribution < 1.29 is 5.11 Å². The largest absolute Gasteiger partial charge is 0.392 e. The van der Waals surface area contributed by atoms with E-state index >= 15 is 0 Å². The van der Waals surface area contributed by atoms with Crippen LogP contribution in [0.5, 0.6) is 0 Å². The van der Waals surface area contributed by atoms with Crippen LogP contribution in [0.2, 0.25) is 0 Å². The van der Waals surface area contributed by atoms with E-state index in [1.807, 2.05) is 0 Å². The van der Waals surface area contributed by atoms with E-state index in [4.69, 9.17) is 0 Å². The minimum atomic E-state index is 0.156. The van der Waals surface area contributed by atoms with E-state index in [0.717, 1.165) is 17.4 Å². The van der Waals surface area contributed by atoms with E-state index in [2.05, 4.69) is 30.0 Å². The Morgan fingerprint density at radius 1 is 1.11 bits per heavy atom. The number of nitrogens with zero attached hydrogens (tertiary/aromatic N) is 1. The van der Waals surface area contributed by atoms with Gasteiger partial charge in [0.05, 0.1) is 6.61 Å². The molecule has 3 rings (SSSR count). The normalized spacial score (nSPS) is 19.0. The van der Waals surface area contributed by atoms with Crippen molar-refractivity contribution in [1.82, 2.24) is 0 Å². The first-order valence-corrected chi connectivity index (χ1v) is 7.21. The number of aryl methyl sites for hydroxylation is 1. The third-order valence-corrected chi connectivity index (χ3v) is 4.10. The second kappa shape index (κ2) is 4.93. The Hall–Kier alpha value is -1.02. The molecule has 1 aromatic carbocycles. The van der Waals surface area contributed by atoms with Gasteiger partial charge in [0.25, 0.3) is 0 Å². The van der Waals surface area contributed by atoms with Gasteiger partial charge in [0.1, 0.15) is 0 Å². The SMILES string of the molecule is Cc1ccc(N(CC2CC2)CC2CC2)c(CO)c1. The van der Waals surface area contributed by atoms with Gasteiger partial charge < -0.3 is 10.0 Å². The van der Waals surface area contributed by atoms with Gasteiger partial charge in [0, 0.05) is 24.3 Å². The van der Waals surface area contributed by atoms with Crippen molar-refractivity contribution in [1.29, 1.82) is 0 Å². The fourth-order valence-corrected chi connectivity index (χ4v) is 2.64. The van der Waals surface area contributed by atoms with Crippen molar-refractivity contribution in [2.24, 2.45) is 11.8 Å². The number of aliphatic hydroxyl groups is 1. The van der Waals surface area contributed by atoms with Crippen LogP contribution < -0.4 is 4.90 Å². The van der Waals surface area contributed by atoms with Crippen LogP contribution in [0.4, 0.5) is 5.69 Å². The number of aliphatic hydroxyl groups excluding tert-OH is 1. The van der Waals surface area contributed by atoms with Crippen LogP contribution in [0, 0.1) is 18.8 Å². The molecule has 0 atom stereocenters. The quantitative estimate of drug-likeness (QED) is 0.832. The summed E-state index contributed by atoms with van der Waals surface area (Å²) in [6.45, 7) is 4.62. The van der Waals surface area contributed by atoms with E-state index in [1.54, 1.807) is 0 Å². The number of rotatable bonds is 6. The van der Waals surface area contributed by atoms with Crippen LogP contribution in [0.15, 0.2) is 18.2 Å². The summed E-state index contributed by atoms with van der Waals surface area (Å²) in [6.07, 6.45) is 5.56. The lowest BCUT2D eigenvalue weighted by molar-refractivity contribution is 0.282. The Morgan fingerprint density at radius 2 is 1.72 bits per heavy atom. The Kier molecular flexibility index (Phi) is 3.29. The molecule has 1 aromatic rings. The molecule has 0 saturated heterocycles. The van der Waals surface area contributed by atoms with E-state index in [9.17, 15) is 5.11 Å². The topological polar surface area (TPSA) is 23.5 Å². The molecular weight excluding hydrogens is 222 g/mol. The fourth-order valence-electron chi connectivity index (χ4n) is 2.64. The van der Waals surface area contributed by atoms with Crippen LogP contribution in [-0.2, 0) is 6.61 Å². The summed E-state index contributed by atoms with van der Waals surface area (Å²) in [5.74, 6) is 1.80. The van der Waals surface area contributed by atoms with Gasteiger partial charge in [-0.1, -0.05) is 17.7 Å². The van der Waals surface area contributed by atoms with Gasteiger partial charge in [0.15, 0.2) is 0 Å². The minimum absolute atomic E-state index is 0.156. The molecule has 0 radical (unpaired) electrons. The molecule has 0 aromatic heterocycles. The zero-order chi connectivity index (χ0) is 12.5. The van der Waals surface area contributed by atoms with Crippen LogP contribution >= 0.6 is 0 Å². The van der Waals surface area contributed by atoms with Gasteiger partial charge in [-0.15, -0.1) is 0 Å². The van der Waals surface area contributed by atoms with Crippen molar-refractivity contribution in [2.45, 2.75) is 39.2 Å². The summed E-state index contributed by atoms with van der Waals surface area (Å²) in [7, 11) is 0. The van der Waals surface area contributed by atoms with E-state index in [1.165, 1.54) is 50.0 Å². The molecule has 2 fully saturated rings. The highest BCUT2D eigenvalue weighted by atomic mass is 16.3. The van der Waals surface area contributed by atoms with Crippen molar-refractivity contribution in [2.75, 3.05) is 18.0 Å². The average Bonchev–Trinajstić information content (AvgIpc) is 3.23. The predicted octanol–water partition coefficient (Wildman–Crippen LogP) is 3.11. The van der Waals surface area contributed by atoms with Gasteiger partial charge >= 0.3 is 0 Å². The summed E-state index contributed by atoms with van der Waals surface area (Å²) in [4.78, 5) is 2.53. The maximum Gasteiger partial charge on any atom is 0.0702 e. The number of benzene rings is 1. The molecule has 1 N–H and O–H groups in total. The molecular formula is C16H23NO. The molecule has 2 saturated carbocycles. The molecule has 0 spiro atoms. The molecule has 2 aliphatic rings. The lowest BCUT2D eigenvalue weighted by atomic mass is 10.1. The molecule has 98 valence electrons. The van der Waals surface area contributed by atoms with Crippen molar-refractivity contribution in [3.8, 4) is 0 Å². The molecule has 2 heteroatoms. The first kappa shape index (κ1) is 12.0. The van der Waals surface area contributed by atoms with Crippen LogP contribution in [0.25, 0.3) is 0 Å². The van der Waals surface area contributed by atoms with Crippen molar-refractivity contribution in [3.63, 3.8) is 0 Å². The van der Waals surface area contributed by atoms with Crippen molar-refractivity contribution in [3.05, 3.63) is 29.3 Å². The fraction of sp³-hybridized carbons (Fsp3) is 0.625. The van der Waals surface area contributed by atoms with Gasteiger partial charge in [0.2, 0.25) is 0 Å². The Morgan fingerprint density at radius 3 is 2.22 bits per heavy atom. The monoisotopic (exact) mass is 245 g/mol. The molecule has 2 aliphatic carbocycles. The van der Waals surface area contributed by atoms with Gasteiger partial charge in [-0.2, -0.15) is 0 Å². The van der Waals surface area contributed by atoms with E-state index < -0.39 is 0 Å². The van der Waals surface area contributed by atoms with Crippen LogP contribution in [0.1, 0.15) is 36.8 Å². The predicted molar refractivity (Wildman–Crippen MR) is 74.8 cm³/mol. The first-order valence-electron chi connectivity index (χ1n) is 7.21. The van der Waals surface area contributed by atoms with Crippen LogP contribution in [0.3, 0.4) is 0 Å². The zero-order valence-corrected chi connectivity index (χ0v) is 11.2. The second-order valence-electron chi connectivity index (χ2n) is 6.08. The lowest BCUT2D eigenvalue weighted by Gasteiger charge is -2.27. The summed E-state index contributed by atoms with van der Waals surface area (Å²) in [6, 6.07) is 6.50. The van der Waals surface area contributed by atoms with Crippen molar-refractivity contribution >= 4 is 5.69 Å². The van der Waals surface area contributed by atoms with Gasteiger partial charge in [-0.05, 0) is 50.5 Å². The maximum absolute atomic E-state index is 9.56. The molecule has 0 bridgehead atoms. The average molecular weight is 245 g/mol. The molecule has 0 unspecified atom stereocenters. The van der Waals surface area contributed by atoms with Crippen LogP contribution in [-0.4, -0.2) is 18.2 Å². The molecule has 2 nitrogen and oxygen atoms in total. The second-order valence-corrected chi connectivity index (χ2v) is 6.08. The minimum Gasteiger partial charge on any atom is -0.392 e. The summed E-state index contributed by atoms with van der Waals surface area (Å²) in [5.41, 5.74) is 3.60. The molecule has 0 amide bonds. The summed E-state index contributed by atoms with van der Waals surface area (Å²) in [5, 5.41) is 9.56. The van der Waals surface area contributed by atoms with Gasteiger partial charge in [-0.25, -0.2) is 0 Å². The highest BCUT2D eigenvalue weighted by molar-refractivity contribution is 5.55. The highest BCUT2D eigenvalue weighted by Gasteiger charge is 2.30. The smallest absolute Gasteiger partial charge is 0.0702 e. The summed E-state index contributed by atoms with van der Waals surface area (Å²) < 4.78 is 0. The molecule has 0 aliphatic heterocycles. The third kappa shape index (κ3) is 2.86. The molecule has 0 heterocycles. The van der Waals surface area contributed by atoms with E-state index in [0.29, 0.717) is 0 Å². The standard InChI is InChI=1S/C16H23NO/c1-12-2-7-16(15(8-12)11-18)17(9-13-3-4-13)10-14-5-6-14/h2,7-8,13-14,18H,3-6,9-11H2,1H3. The first-order chi connectivity index (χ1) is 8.76. The summed E-state index contributed by atoms with van der Waals surface area (Å²) >= 11 is 0. The highest BCUT2D eigenvalue weighted by Crippen LogP contribution is 2.36. The Balaban J connectivity index is 1.81. The van der Waals surface area contributed by atoms with E-state index in [-0.39, 0.29) is 6.61 Å². The number of hydrogen-bond acceptors (Lipinski definition) is 2. The third-order valence-electron chi connectivity index (χ3n) is 4.10. The zero-order valence-electron chi connectivity index (χ0n) is 11.2. The maximum atomic E-state index is 9.56. The Labute approximate surface area is 110 Å². The lowest BCUT2D eigenvalue weighted by Crippen LogP contribution is -2.29. The number of hydrogen-bond donors (Lipinski definition) is 1. The number of anilines is 1. The molecule has 18 heavy (non-hydrogen) atoms. The van der Waals surface area contributed by atoms with Gasteiger partial charge in [-0.3, -0.25) is 0 Å².